The van der Waals surface area contributed by atoms with E-state index in [1.807, 2.05) is 32.9 Å². The molecule has 1 aliphatic rings. The van der Waals surface area contributed by atoms with E-state index in [0.29, 0.717) is 12.5 Å². The average molecular weight is 463 g/mol. The standard InChI is InChI=1S/C18H26FN3O2.HI/c1-17(2,3)24-15(23)11-21-16(20-4)22-12-18(9-10-18)13-7-5-6-8-14(13)19;/h5-8H,9-12H2,1-4H3,(H2,20,21,22);1H. The van der Waals surface area contributed by atoms with Gasteiger partial charge in [-0.2, -0.15) is 0 Å². The maximum absolute atomic E-state index is 14.0. The molecule has 1 aromatic rings. The SMILES string of the molecule is CN=C(NCC(=O)OC(C)(C)C)NCC1(c2ccccc2F)CC1.I. The summed E-state index contributed by atoms with van der Waals surface area (Å²) in [4.78, 5) is 15.8. The minimum Gasteiger partial charge on any atom is -0.459 e. The third-order valence-electron chi connectivity index (χ3n) is 3.94. The fourth-order valence-electron chi connectivity index (χ4n) is 2.59. The lowest BCUT2D eigenvalue weighted by Gasteiger charge is -2.21. The normalized spacial score (nSPS) is 15.8. The summed E-state index contributed by atoms with van der Waals surface area (Å²) in [5, 5.41) is 6.11. The van der Waals surface area contributed by atoms with Crippen LogP contribution >= 0.6 is 24.0 Å². The Kier molecular flexibility index (Phi) is 7.64. The van der Waals surface area contributed by atoms with E-state index in [2.05, 4.69) is 15.6 Å². The van der Waals surface area contributed by atoms with Gasteiger partial charge in [-0.3, -0.25) is 9.79 Å². The van der Waals surface area contributed by atoms with Gasteiger partial charge >= 0.3 is 5.97 Å². The molecular formula is C18H27FIN3O2. The quantitative estimate of drug-likeness (QED) is 0.305. The maximum atomic E-state index is 14.0. The Morgan fingerprint density at radius 1 is 1.28 bits per heavy atom. The Balaban J connectivity index is 0.00000312. The van der Waals surface area contributed by atoms with Crippen LogP contribution in [0.15, 0.2) is 29.3 Å². The highest BCUT2D eigenvalue weighted by molar-refractivity contribution is 14.0. The fourth-order valence-corrected chi connectivity index (χ4v) is 2.59. The predicted molar refractivity (Wildman–Crippen MR) is 108 cm³/mol. The lowest BCUT2D eigenvalue weighted by molar-refractivity contribution is -0.153. The summed E-state index contributed by atoms with van der Waals surface area (Å²) >= 11 is 0. The summed E-state index contributed by atoms with van der Waals surface area (Å²) in [7, 11) is 1.63. The van der Waals surface area contributed by atoms with Crippen LogP contribution in [0, 0.1) is 5.82 Å². The number of guanidine groups is 1. The molecule has 0 atom stereocenters. The number of carbonyl (C=O) groups excluding carboxylic acids is 1. The Hall–Kier alpha value is -1.38. The van der Waals surface area contributed by atoms with Crippen LogP contribution < -0.4 is 10.6 Å². The van der Waals surface area contributed by atoms with Gasteiger partial charge in [0.2, 0.25) is 0 Å². The predicted octanol–water partition coefficient (Wildman–Crippen LogP) is 2.98. The molecule has 0 amide bonds. The van der Waals surface area contributed by atoms with Gasteiger partial charge in [-0.05, 0) is 45.2 Å². The van der Waals surface area contributed by atoms with E-state index in [1.165, 1.54) is 6.07 Å². The van der Waals surface area contributed by atoms with Crippen molar-refractivity contribution in [3.8, 4) is 0 Å². The van der Waals surface area contributed by atoms with E-state index in [4.69, 9.17) is 4.74 Å². The summed E-state index contributed by atoms with van der Waals surface area (Å²) in [6, 6.07) is 6.88. The van der Waals surface area contributed by atoms with Gasteiger partial charge in [0.1, 0.15) is 18.0 Å². The maximum Gasteiger partial charge on any atom is 0.325 e. The van der Waals surface area contributed by atoms with Crippen LogP contribution in [-0.4, -0.2) is 37.7 Å². The van der Waals surface area contributed by atoms with Gasteiger partial charge in [0.15, 0.2) is 5.96 Å². The van der Waals surface area contributed by atoms with E-state index in [0.717, 1.165) is 18.4 Å². The summed E-state index contributed by atoms with van der Waals surface area (Å²) in [6.07, 6.45) is 1.87. The molecule has 0 bridgehead atoms. The molecule has 140 valence electrons. The average Bonchev–Trinajstić information content (AvgIpc) is 3.27. The van der Waals surface area contributed by atoms with Crippen molar-refractivity contribution in [3.05, 3.63) is 35.6 Å². The zero-order chi connectivity index (χ0) is 17.8. The van der Waals surface area contributed by atoms with Crippen molar-refractivity contribution in [2.45, 2.75) is 44.6 Å². The molecule has 1 fully saturated rings. The summed E-state index contributed by atoms with van der Waals surface area (Å²) in [5.41, 5.74) is 0.0353. The number of hydrogen-bond donors (Lipinski definition) is 2. The molecule has 0 unspecified atom stereocenters. The highest BCUT2D eigenvalue weighted by atomic mass is 127. The van der Waals surface area contributed by atoms with Crippen LogP contribution in [0.5, 0.6) is 0 Å². The van der Waals surface area contributed by atoms with E-state index < -0.39 is 5.60 Å². The van der Waals surface area contributed by atoms with Crippen LogP contribution in [-0.2, 0) is 14.9 Å². The van der Waals surface area contributed by atoms with Gasteiger partial charge in [0, 0.05) is 19.0 Å². The Labute approximate surface area is 165 Å². The Bertz CT molecular complexity index is 625. The van der Waals surface area contributed by atoms with Crippen LogP contribution in [0.4, 0.5) is 4.39 Å². The number of carbonyl (C=O) groups is 1. The number of nitrogens with zero attached hydrogens (tertiary/aromatic N) is 1. The lowest BCUT2D eigenvalue weighted by atomic mass is 9.95. The third kappa shape index (κ3) is 6.45. The molecule has 0 aromatic heterocycles. The molecule has 7 heteroatoms. The molecule has 0 aliphatic heterocycles. The van der Waals surface area contributed by atoms with Crippen LogP contribution in [0.25, 0.3) is 0 Å². The van der Waals surface area contributed by atoms with Gasteiger partial charge in [-0.25, -0.2) is 4.39 Å². The van der Waals surface area contributed by atoms with E-state index in [-0.39, 0.29) is 47.7 Å². The molecule has 0 spiro atoms. The topological polar surface area (TPSA) is 62.7 Å². The lowest BCUT2D eigenvalue weighted by Crippen LogP contribution is -2.44. The van der Waals surface area contributed by atoms with E-state index >= 15 is 0 Å². The number of hydrogen-bond acceptors (Lipinski definition) is 3. The van der Waals surface area contributed by atoms with Crippen molar-refractivity contribution in [2.24, 2.45) is 4.99 Å². The van der Waals surface area contributed by atoms with Crippen LogP contribution in [0.3, 0.4) is 0 Å². The number of ether oxygens (including phenoxy) is 1. The molecule has 2 N–H and O–H groups in total. The molecule has 1 aromatic carbocycles. The summed E-state index contributed by atoms with van der Waals surface area (Å²) < 4.78 is 19.2. The van der Waals surface area contributed by atoms with E-state index in [9.17, 15) is 9.18 Å². The first-order valence-corrected chi connectivity index (χ1v) is 8.17. The van der Waals surface area contributed by atoms with Crippen molar-refractivity contribution in [3.63, 3.8) is 0 Å². The molecule has 1 saturated carbocycles. The smallest absolute Gasteiger partial charge is 0.325 e. The van der Waals surface area contributed by atoms with Gasteiger partial charge < -0.3 is 15.4 Å². The van der Waals surface area contributed by atoms with Gasteiger partial charge in [0.05, 0.1) is 0 Å². The molecular weight excluding hydrogens is 436 g/mol. The van der Waals surface area contributed by atoms with Gasteiger partial charge in [0.25, 0.3) is 0 Å². The number of nitrogens with one attached hydrogen (secondary N) is 2. The highest BCUT2D eigenvalue weighted by Crippen LogP contribution is 2.48. The first kappa shape index (κ1) is 21.7. The Morgan fingerprint density at radius 3 is 2.44 bits per heavy atom. The second kappa shape index (κ2) is 8.82. The second-order valence-corrected chi connectivity index (χ2v) is 7.13. The molecule has 25 heavy (non-hydrogen) atoms. The zero-order valence-corrected chi connectivity index (χ0v) is 17.5. The first-order chi connectivity index (χ1) is 11.3. The Morgan fingerprint density at radius 2 is 1.92 bits per heavy atom. The zero-order valence-electron chi connectivity index (χ0n) is 15.2. The number of rotatable bonds is 5. The summed E-state index contributed by atoms with van der Waals surface area (Å²) in [6.45, 7) is 6.07. The number of benzene rings is 1. The van der Waals surface area contributed by atoms with Crippen molar-refractivity contribution >= 4 is 35.9 Å². The van der Waals surface area contributed by atoms with Crippen LogP contribution in [0.1, 0.15) is 39.2 Å². The first-order valence-electron chi connectivity index (χ1n) is 8.17. The van der Waals surface area contributed by atoms with Gasteiger partial charge in [-0.1, -0.05) is 18.2 Å². The molecule has 2 rings (SSSR count). The minimum absolute atomic E-state index is 0. The van der Waals surface area contributed by atoms with E-state index in [1.54, 1.807) is 13.1 Å². The number of halogens is 2. The molecule has 5 nitrogen and oxygen atoms in total. The van der Waals surface area contributed by atoms with Crippen molar-refractivity contribution in [1.29, 1.82) is 0 Å². The van der Waals surface area contributed by atoms with Crippen molar-refractivity contribution < 1.29 is 13.9 Å². The molecule has 0 radical (unpaired) electrons. The number of aliphatic imine (C=N–C) groups is 1. The third-order valence-corrected chi connectivity index (χ3v) is 3.94. The van der Waals surface area contributed by atoms with Gasteiger partial charge in [-0.15, -0.1) is 24.0 Å². The second-order valence-electron chi connectivity index (χ2n) is 7.13. The minimum atomic E-state index is -0.515. The fraction of sp³-hybridized carbons (Fsp3) is 0.556. The molecule has 0 saturated heterocycles. The number of esters is 1. The van der Waals surface area contributed by atoms with Crippen LogP contribution in [0.2, 0.25) is 0 Å². The van der Waals surface area contributed by atoms with Crippen molar-refractivity contribution in [1.82, 2.24) is 10.6 Å². The molecule has 0 heterocycles. The largest absolute Gasteiger partial charge is 0.459 e. The highest BCUT2D eigenvalue weighted by Gasteiger charge is 2.45. The molecule has 1 aliphatic carbocycles. The summed E-state index contributed by atoms with van der Waals surface area (Å²) in [5.74, 6) is -0.0161. The van der Waals surface area contributed by atoms with Crippen molar-refractivity contribution in [2.75, 3.05) is 20.1 Å². The monoisotopic (exact) mass is 463 g/mol.